The number of benzene rings is 1. The van der Waals surface area contributed by atoms with Crippen LogP contribution in [0.5, 0.6) is 0 Å². The van der Waals surface area contributed by atoms with Crippen molar-refractivity contribution in [3.63, 3.8) is 0 Å². The third kappa shape index (κ3) is 3.33. The molecule has 0 saturated carbocycles. The standard InChI is InChI=1S/C11H13F2NO2S/c1-14(3-4-17-2)10-8(12)5-7(11(15)16)6-9(10)13/h5-6H,3-4H2,1-2H3,(H,15,16). The maximum absolute atomic E-state index is 13.6. The molecular formula is C11H13F2NO2S. The van der Waals surface area contributed by atoms with Crippen LogP contribution in [0.1, 0.15) is 10.4 Å². The molecule has 6 heteroatoms. The van der Waals surface area contributed by atoms with Gasteiger partial charge in [0, 0.05) is 19.3 Å². The predicted octanol–water partition coefficient (Wildman–Crippen LogP) is 2.46. The zero-order chi connectivity index (χ0) is 13.0. The number of carboxylic acids is 1. The van der Waals surface area contributed by atoms with E-state index in [9.17, 15) is 13.6 Å². The van der Waals surface area contributed by atoms with Crippen LogP contribution in [0, 0.1) is 11.6 Å². The van der Waals surface area contributed by atoms with Crippen LogP contribution < -0.4 is 4.90 Å². The number of anilines is 1. The Morgan fingerprint density at radius 3 is 2.35 bits per heavy atom. The number of nitrogens with zero attached hydrogens (tertiary/aromatic N) is 1. The van der Waals surface area contributed by atoms with E-state index in [-0.39, 0.29) is 11.3 Å². The average molecular weight is 261 g/mol. The van der Waals surface area contributed by atoms with Crippen molar-refractivity contribution in [2.45, 2.75) is 0 Å². The largest absolute Gasteiger partial charge is 0.478 e. The molecule has 0 unspecified atom stereocenters. The second-order valence-corrected chi connectivity index (χ2v) is 4.49. The van der Waals surface area contributed by atoms with Gasteiger partial charge in [0.2, 0.25) is 0 Å². The molecule has 0 atom stereocenters. The van der Waals surface area contributed by atoms with E-state index in [2.05, 4.69) is 0 Å². The maximum atomic E-state index is 13.6. The number of halogens is 2. The molecule has 1 N–H and O–H groups in total. The van der Waals surface area contributed by atoms with Gasteiger partial charge >= 0.3 is 5.97 Å². The van der Waals surface area contributed by atoms with Gasteiger partial charge in [0.15, 0.2) is 0 Å². The first kappa shape index (κ1) is 13.8. The summed E-state index contributed by atoms with van der Waals surface area (Å²) in [6.07, 6.45) is 1.90. The molecule has 0 fully saturated rings. The summed E-state index contributed by atoms with van der Waals surface area (Å²) in [5.74, 6) is -2.33. The van der Waals surface area contributed by atoms with Gasteiger partial charge in [-0.1, -0.05) is 0 Å². The SMILES string of the molecule is CSCCN(C)c1c(F)cc(C(=O)O)cc1F. The lowest BCUT2D eigenvalue weighted by Gasteiger charge is -2.20. The quantitative estimate of drug-likeness (QED) is 0.884. The Balaban J connectivity index is 3.04. The predicted molar refractivity (Wildman–Crippen MR) is 65.0 cm³/mol. The number of hydrogen-bond donors (Lipinski definition) is 1. The normalized spacial score (nSPS) is 10.4. The highest BCUT2D eigenvalue weighted by molar-refractivity contribution is 7.98. The van der Waals surface area contributed by atoms with Crippen molar-refractivity contribution in [3.05, 3.63) is 29.3 Å². The van der Waals surface area contributed by atoms with Crippen molar-refractivity contribution in [3.8, 4) is 0 Å². The summed E-state index contributed by atoms with van der Waals surface area (Å²) in [5, 5.41) is 8.65. The molecule has 0 saturated heterocycles. The van der Waals surface area contributed by atoms with Crippen LogP contribution in [0.2, 0.25) is 0 Å². The van der Waals surface area contributed by atoms with E-state index < -0.39 is 17.6 Å². The second-order valence-electron chi connectivity index (χ2n) is 3.51. The first-order valence-corrected chi connectivity index (χ1v) is 6.29. The second kappa shape index (κ2) is 5.86. The number of carbonyl (C=O) groups is 1. The van der Waals surface area contributed by atoms with Gasteiger partial charge in [0.05, 0.1) is 5.56 Å². The van der Waals surface area contributed by atoms with Crippen molar-refractivity contribution >= 4 is 23.4 Å². The third-order valence-electron chi connectivity index (χ3n) is 2.28. The van der Waals surface area contributed by atoms with E-state index in [0.717, 1.165) is 17.9 Å². The lowest BCUT2D eigenvalue weighted by molar-refractivity contribution is 0.0696. The Labute approximate surface area is 102 Å². The number of carboxylic acid groups (broad SMARTS) is 1. The fourth-order valence-corrected chi connectivity index (χ4v) is 1.85. The van der Waals surface area contributed by atoms with E-state index in [0.29, 0.717) is 6.54 Å². The topological polar surface area (TPSA) is 40.5 Å². The lowest BCUT2D eigenvalue weighted by Crippen LogP contribution is -2.23. The van der Waals surface area contributed by atoms with Crippen LogP contribution in [-0.2, 0) is 0 Å². The van der Waals surface area contributed by atoms with Gasteiger partial charge < -0.3 is 10.0 Å². The summed E-state index contributed by atoms with van der Waals surface area (Å²) < 4.78 is 27.2. The van der Waals surface area contributed by atoms with Gasteiger partial charge in [-0.3, -0.25) is 0 Å². The fraction of sp³-hybridized carbons (Fsp3) is 0.364. The third-order valence-corrected chi connectivity index (χ3v) is 2.87. The van der Waals surface area contributed by atoms with E-state index in [1.807, 2.05) is 6.26 Å². The van der Waals surface area contributed by atoms with Gasteiger partial charge in [0.1, 0.15) is 17.3 Å². The molecule has 0 aliphatic carbocycles. The molecule has 0 spiro atoms. The Kier molecular flexibility index (Phi) is 4.74. The Morgan fingerprint density at radius 2 is 1.94 bits per heavy atom. The summed E-state index contributed by atoms with van der Waals surface area (Å²) in [4.78, 5) is 12.0. The fourth-order valence-electron chi connectivity index (χ4n) is 1.39. The van der Waals surface area contributed by atoms with Crippen molar-refractivity contribution in [2.24, 2.45) is 0 Å². The highest BCUT2D eigenvalue weighted by atomic mass is 32.2. The summed E-state index contributed by atoms with van der Waals surface area (Å²) in [6, 6.07) is 1.66. The number of hydrogen-bond acceptors (Lipinski definition) is 3. The molecule has 94 valence electrons. The minimum atomic E-state index is -1.35. The molecule has 1 aromatic rings. The lowest BCUT2D eigenvalue weighted by atomic mass is 10.1. The van der Waals surface area contributed by atoms with Crippen molar-refractivity contribution in [1.82, 2.24) is 0 Å². The molecule has 1 aromatic carbocycles. The molecule has 0 amide bonds. The zero-order valence-electron chi connectivity index (χ0n) is 9.54. The van der Waals surface area contributed by atoms with Crippen LogP contribution in [0.25, 0.3) is 0 Å². The van der Waals surface area contributed by atoms with Crippen LogP contribution in [0.4, 0.5) is 14.5 Å². The molecule has 17 heavy (non-hydrogen) atoms. The monoisotopic (exact) mass is 261 g/mol. The van der Waals surface area contributed by atoms with Gasteiger partial charge in [-0.2, -0.15) is 11.8 Å². The van der Waals surface area contributed by atoms with Gasteiger partial charge in [-0.05, 0) is 18.4 Å². The Morgan fingerprint density at radius 1 is 1.41 bits per heavy atom. The van der Waals surface area contributed by atoms with E-state index >= 15 is 0 Å². The minimum Gasteiger partial charge on any atom is -0.478 e. The van der Waals surface area contributed by atoms with Gasteiger partial charge in [-0.15, -0.1) is 0 Å². The van der Waals surface area contributed by atoms with Crippen molar-refractivity contribution < 1.29 is 18.7 Å². The average Bonchev–Trinajstić information content (AvgIpc) is 2.25. The Hall–Kier alpha value is -1.30. The minimum absolute atomic E-state index is 0.191. The zero-order valence-corrected chi connectivity index (χ0v) is 10.4. The van der Waals surface area contributed by atoms with Gasteiger partial charge in [0.25, 0.3) is 0 Å². The van der Waals surface area contributed by atoms with Crippen molar-refractivity contribution in [1.29, 1.82) is 0 Å². The van der Waals surface area contributed by atoms with Gasteiger partial charge in [-0.25, -0.2) is 13.6 Å². The molecular weight excluding hydrogens is 248 g/mol. The molecule has 0 bridgehead atoms. The summed E-state index contributed by atoms with van der Waals surface area (Å²) in [7, 11) is 1.57. The number of thioether (sulfide) groups is 1. The first-order valence-electron chi connectivity index (χ1n) is 4.89. The molecule has 0 heterocycles. The van der Waals surface area contributed by atoms with Crippen LogP contribution in [0.15, 0.2) is 12.1 Å². The summed E-state index contributed by atoms with van der Waals surface area (Å²) in [6.45, 7) is 0.488. The van der Waals surface area contributed by atoms with Crippen LogP contribution >= 0.6 is 11.8 Å². The van der Waals surface area contributed by atoms with Crippen LogP contribution in [-0.4, -0.2) is 36.7 Å². The first-order chi connectivity index (χ1) is 7.97. The number of aromatic carboxylic acids is 1. The smallest absolute Gasteiger partial charge is 0.335 e. The molecule has 1 rings (SSSR count). The summed E-state index contributed by atoms with van der Waals surface area (Å²) >= 11 is 1.56. The molecule has 0 aromatic heterocycles. The van der Waals surface area contributed by atoms with E-state index in [1.54, 1.807) is 18.8 Å². The van der Waals surface area contributed by atoms with E-state index in [4.69, 9.17) is 5.11 Å². The van der Waals surface area contributed by atoms with Crippen LogP contribution in [0.3, 0.4) is 0 Å². The number of rotatable bonds is 5. The summed E-state index contributed by atoms with van der Waals surface area (Å²) in [5.41, 5.74) is -0.578. The maximum Gasteiger partial charge on any atom is 0.335 e. The Bertz CT molecular complexity index is 403. The molecule has 0 aliphatic heterocycles. The highest BCUT2D eigenvalue weighted by Crippen LogP contribution is 2.24. The molecule has 0 radical (unpaired) electrons. The highest BCUT2D eigenvalue weighted by Gasteiger charge is 2.17. The molecule has 0 aliphatic rings. The van der Waals surface area contributed by atoms with E-state index in [1.165, 1.54) is 4.90 Å². The van der Waals surface area contributed by atoms with Crippen molar-refractivity contribution in [2.75, 3.05) is 30.5 Å². The molecule has 3 nitrogen and oxygen atoms in total.